The number of ether oxygens (including phenoxy) is 4. The number of carbonyl (C=O) groups is 1. The molecule has 0 spiro atoms. The summed E-state index contributed by atoms with van der Waals surface area (Å²) in [4.78, 5) is 14.7. The summed E-state index contributed by atoms with van der Waals surface area (Å²) in [7, 11) is -0.347. The van der Waals surface area contributed by atoms with Crippen LogP contribution in [-0.2, 0) is 31.7 Å². The predicted octanol–water partition coefficient (Wildman–Crippen LogP) is 5.67. The summed E-state index contributed by atoms with van der Waals surface area (Å²) >= 11 is 0. The molecule has 0 radical (unpaired) electrons. The standard InChI is InChI=1S/C33H50N2O7S/c1-24(2)27(18-26-14-15-30(40-7)31(19-26)41-17-11-16-39-6)20-28-21-35(32(36)42-33(3,4)5)22-29(28)34-43(37,38)23-25-12-9-8-10-13-25/h8-10,12-15,19,24,27-29,34H,11,16-18,20-23H2,1-7H3/t27-,28?,29?/m0/s1. The zero-order valence-corrected chi connectivity index (χ0v) is 27.6. The fourth-order valence-electron chi connectivity index (χ4n) is 5.41. The van der Waals surface area contributed by atoms with Gasteiger partial charge in [0.2, 0.25) is 10.0 Å². The number of methoxy groups -OCH3 is 2. The maximum absolute atomic E-state index is 13.3. The Bertz CT molecular complexity index is 1260. The van der Waals surface area contributed by atoms with Gasteiger partial charge in [-0.05, 0) is 74.6 Å². The molecule has 3 rings (SSSR count). The van der Waals surface area contributed by atoms with Crippen molar-refractivity contribution in [1.82, 2.24) is 9.62 Å². The van der Waals surface area contributed by atoms with E-state index < -0.39 is 27.8 Å². The first kappa shape index (κ1) is 34.7. The zero-order chi connectivity index (χ0) is 31.6. The van der Waals surface area contributed by atoms with E-state index in [0.717, 1.165) is 24.8 Å². The third-order valence-electron chi connectivity index (χ3n) is 7.65. The van der Waals surface area contributed by atoms with Crippen LogP contribution in [0.15, 0.2) is 48.5 Å². The third kappa shape index (κ3) is 11.3. The minimum Gasteiger partial charge on any atom is -0.493 e. The lowest BCUT2D eigenvalue weighted by molar-refractivity contribution is 0.0284. The largest absolute Gasteiger partial charge is 0.493 e. The van der Waals surface area contributed by atoms with Crippen LogP contribution in [0.1, 0.15) is 58.6 Å². The Labute approximate surface area is 258 Å². The molecule has 1 amide bonds. The van der Waals surface area contributed by atoms with Crippen molar-refractivity contribution in [2.45, 2.75) is 71.3 Å². The van der Waals surface area contributed by atoms with Gasteiger partial charge in [-0.2, -0.15) is 0 Å². The summed E-state index contributed by atoms with van der Waals surface area (Å²) in [5.41, 5.74) is 1.19. The Hall–Kier alpha value is -2.82. The van der Waals surface area contributed by atoms with E-state index in [-0.39, 0.29) is 24.1 Å². The smallest absolute Gasteiger partial charge is 0.410 e. The van der Waals surface area contributed by atoms with Gasteiger partial charge >= 0.3 is 6.09 Å². The van der Waals surface area contributed by atoms with Crippen molar-refractivity contribution in [2.75, 3.05) is 40.5 Å². The second-order valence-electron chi connectivity index (χ2n) is 12.7. The first-order chi connectivity index (χ1) is 20.3. The number of amides is 1. The molecule has 2 aromatic carbocycles. The SMILES string of the molecule is COCCCOc1cc(C[C@@H](CC2CN(C(=O)OC(C)(C)C)CC2NS(=O)(=O)Cc2ccccc2)C(C)C)ccc1OC. The highest BCUT2D eigenvalue weighted by molar-refractivity contribution is 7.88. The number of benzene rings is 2. The third-order valence-corrected chi connectivity index (χ3v) is 9.02. The monoisotopic (exact) mass is 618 g/mol. The van der Waals surface area contributed by atoms with Crippen LogP contribution in [-0.4, -0.2) is 71.6 Å². The average Bonchev–Trinajstić information content (AvgIpc) is 3.31. The van der Waals surface area contributed by atoms with Crippen LogP contribution in [0, 0.1) is 17.8 Å². The Kier molecular flexibility index (Phi) is 12.7. The van der Waals surface area contributed by atoms with Gasteiger partial charge in [-0.15, -0.1) is 0 Å². The Morgan fingerprint density at radius 2 is 1.72 bits per heavy atom. The first-order valence-electron chi connectivity index (χ1n) is 15.1. The first-order valence-corrected chi connectivity index (χ1v) is 16.8. The number of hydrogen-bond acceptors (Lipinski definition) is 7. The molecule has 3 atom stereocenters. The summed E-state index contributed by atoms with van der Waals surface area (Å²) in [5.74, 6) is 1.75. The van der Waals surface area contributed by atoms with Crippen LogP contribution in [0.5, 0.6) is 11.5 Å². The van der Waals surface area contributed by atoms with Gasteiger partial charge in [-0.1, -0.05) is 50.2 Å². The highest BCUT2D eigenvalue weighted by Crippen LogP contribution is 2.34. The molecule has 0 bridgehead atoms. The molecule has 1 saturated heterocycles. The van der Waals surface area contributed by atoms with Crippen molar-refractivity contribution in [3.8, 4) is 11.5 Å². The topological polar surface area (TPSA) is 103 Å². The molecule has 9 nitrogen and oxygen atoms in total. The van der Waals surface area contributed by atoms with E-state index in [9.17, 15) is 13.2 Å². The lowest BCUT2D eigenvalue weighted by Gasteiger charge is -2.28. The molecule has 0 aliphatic carbocycles. The molecule has 1 aliphatic heterocycles. The Morgan fingerprint density at radius 3 is 2.35 bits per heavy atom. The van der Waals surface area contributed by atoms with Crippen LogP contribution in [0.25, 0.3) is 0 Å². The molecular formula is C33H50N2O7S. The van der Waals surface area contributed by atoms with Crippen molar-refractivity contribution >= 4 is 16.1 Å². The van der Waals surface area contributed by atoms with E-state index in [2.05, 4.69) is 24.6 Å². The fraction of sp³-hybridized carbons (Fsp3) is 0.606. The maximum Gasteiger partial charge on any atom is 0.410 e. The molecule has 2 aromatic rings. The molecule has 1 aliphatic rings. The van der Waals surface area contributed by atoms with E-state index in [1.807, 2.05) is 51.1 Å². The van der Waals surface area contributed by atoms with Crippen LogP contribution in [0.3, 0.4) is 0 Å². The summed E-state index contributed by atoms with van der Waals surface area (Å²) in [6, 6.07) is 14.7. The molecule has 1 fully saturated rings. The highest BCUT2D eigenvalue weighted by atomic mass is 32.2. The van der Waals surface area contributed by atoms with Crippen LogP contribution in [0.4, 0.5) is 4.79 Å². The quantitative estimate of drug-likeness (QED) is 0.257. The average molecular weight is 619 g/mol. The van der Waals surface area contributed by atoms with Crippen molar-refractivity contribution in [3.63, 3.8) is 0 Å². The maximum atomic E-state index is 13.3. The zero-order valence-electron chi connectivity index (χ0n) is 26.8. The van der Waals surface area contributed by atoms with Gasteiger partial charge in [0.1, 0.15) is 5.60 Å². The van der Waals surface area contributed by atoms with Crippen LogP contribution >= 0.6 is 0 Å². The summed E-state index contributed by atoms with van der Waals surface area (Å²) < 4.78 is 51.8. The molecule has 0 aromatic heterocycles. The van der Waals surface area contributed by atoms with Crippen molar-refractivity contribution in [2.24, 2.45) is 17.8 Å². The predicted molar refractivity (Wildman–Crippen MR) is 169 cm³/mol. The Morgan fingerprint density at radius 1 is 1.00 bits per heavy atom. The summed E-state index contributed by atoms with van der Waals surface area (Å²) in [5, 5.41) is 0. The van der Waals surface area contributed by atoms with Crippen LogP contribution in [0.2, 0.25) is 0 Å². The van der Waals surface area contributed by atoms with Gasteiger partial charge in [0, 0.05) is 39.3 Å². The molecule has 1 heterocycles. The Balaban J connectivity index is 1.79. The number of rotatable bonds is 15. The van der Waals surface area contributed by atoms with Gasteiger partial charge in [0.05, 0.1) is 19.5 Å². The normalized spacial score (nSPS) is 18.1. The van der Waals surface area contributed by atoms with E-state index in [0.29, 0.717) is 42.7 Å². The number of nitrogens with one attached hydrogen (secondary N) is 1. The second kappa shape index (κ2) is 15.8. The van der Waals surface area contributed by atoms with Crippen molar-refractivity contribution in [3.05, 3.63) is 59.7 Å². The van der Waals surface area contributed by atoms with E-state index in [4.69, 9.17) is 18.9 Å². The minimum absolute atomic E-state index is 0.0755. The molecule has 10 heteroatoms. The molecule has 0 saturated carbocycles. The van der Waals surface area contributed by atoms with Crippen LogP contribution < -0.4 is 14.2 Å². The fourth-order valence-corrected chi connectivity index (χ4v) is 6.86. The summed E-state index contributed by atoms with van der Waals surface area (Å²) in [6.07, 6.45) is 1.87. The number of carbonyl (C=O) groups excluding carboxylic acids is 1. The molecule has 2 unspecified atom stereocenters. The lowest BCUT2D eigenvalue weighted by atomic mass is 9.81. The summed E-state index contributed by atoms with van der Waals surface area (Å²) in [6.45, 7) is 11.7. The van der Waals surface area contributed by atoms with Gasteiger partial charge in [-0.25, -0.2) is 17.9 Å². The molecule has 240 valence electrons. The number of nitrogens with zero attached hydrogens (tertiary/aromatic N) is 1. The van der Waals surface area contributed by atoms with Gasteiger partial charge in [0.25, 0.3) is 0 Å². The lowest BCUT2D eigenvalue weighted by Crippen LogP contribution is -2.42. The van der Waals surface area contributed by atoms with Gasteiger partial charge in [-0.3, -0.25) is 0 Å². The molecule has 1 N–H and O–H groups in total. The minimum atomic E-state index is -3.64. The van der Waals surface area contributed by atoms with E-state index in [1.54, 1.807) is 31.3 Å². The number of sulfonamides is 1. The number of likely N-dealkylation sites (tertiary alicyclic amines) is 1. The second-order valence-corrected chi connectivity index (χ2v) is 14.5. The van der Waals surface area contributed by atoms with E-state index in [1.165, 1.54) is 0 Å². The van der Waals surface area contributed by atoms with Crippen molar-refractivity contribution < 1.29 is 32.2 Å². The number of hydrogen-bond donors (Lipinski definition) is 1. The van der Waals surface area contributed by atoms with Crippen molar-refractivity contribution in [1.29, 1.82) is 0 Å². The highest BCUT2D eigenvalue weighted by Gasteiger charge is 2.40. The van der Waals surface area contributed by atoms with Gasteiger partial charge < -0.3 is 23.8 Å². The molecular weight excluding hydrogens is 568 g/mol. The van der Waals surface area contributed by atoms with E-state index >= 15 is 0 Å². The van der Waals surface area contributed by atoms with Gasteiger partial charge in [0.15, 0.2) is 11.5 Å². The molecule has 43 heavy (non-hydrogen) atoms.